The molecule has 0 aliphatic heterocycles. The Labute approximate surface area is 114 Å². The van der Waals surface area contributed by atoms with Crippen LogP contribution >= 0.6 is 0 Å². The van der Waals surface area contributed by atoms with Crippen molar-refractivity contribution in [1.82, 2.24) is 4.98 Å². The fourth-order valence-corrected chi connectivity index (χ4v) is 2.17. The second-order valence-electron chi connectivity index (χ2n) is 7.19. The summed E-state index contributed by atoms with van der Waals surface area (Å²) >= 11 is 0. The lowest BCUT2D eigenvalue weighted by Gasteiger charge is -2.22. The summed E-state index contributed by atoms with van der Waals surface area (Å²) in [4.78, 5) is 4.59. The summed E-state index contributed by atoms with van der Waals surface area (Å²) in [5.74, 6) is -0.141. The number of halogens is 1. The van der Waals surface area contributed by atoms with Gasteiger partial charge in [-0.3, -0.25) is 4.98 Å². The summed E-state index contributed by atoms with van der Waals surface area (Å²) in [6.45, 7) is 12.4. The number of benzene rings is 1. The van der Waals surface area contributed by atoms with Crippen LogP contribution in [0.5, 0.6) is 0 Å². The van der Waals surface area contributed by atoms with E-state index in [-0.39, 0.29) is 16.6 Å². The van der Waals surface area contributed by atoms with Crippen molar-refractivity contribution in [2.45, 2.75) is 52.4 Å². The summed E-state index contributed by atoms with van der Waals surface area (Å²) < 4.78 is 14.6. The Kier molecular flexibility index (Phi) is 3.16. The molecule has 19 heavy (non-hydrogen) atoms. The number of hydrogen-bond donors (Lipinski definition) is 0. The Morgan fingerprint density at radius 1 is 0.842 bits per heavy atom. The van der Waals surface area contributed by atoms with E-state index in [0.717, 1.165) is 16.8 Å². The lowest BCUT2D eigenvalue weighted by atomic mass is 9.85. The SMILES string of the molecule is CC(C)(C)c1ccc2c(F)c(C(C)(C)C)ccc2n1. The average Bonchev–Trinajstić information content (AvgIpc) is 2.26. The molecule has 0 amide bonds. The lowest BCUT2D eigenvalue weighted by Crippen LogP contribution is -2.15. The minimum Gasteiger partial charge on any atom is -0.252 e. The molecule has 0 bridgehead atoms. The molecule has 0 fully saturated rings. The Balaban J connectivity index is 2.67. The van der Waals surface area contributed by atoms with Gasteiger partial charge >= 0.3 is 0 Å². The van der Waals surface area contributed by atoms with Crippen molar-refractivity contribution in [3.8, 4) is 0 Å². The molecule has 2 aromatic rings. The van der Waals surface area contributed by atoms with Crippen molar-refractivity contribution in [1.29, 1.82) is 0 Å². The first-order valence-corrected chi connectivity index (χ1v) is 6.71. The predicted molar refractivity (Wildman–Crippen MR) is 79.1 cm³/mol. The van der Waals surface area contributed by atoms with Gasteiger partial charge in [0.15, 0.2) is 0 Å². The van der Waals surface area contributed by atoms with Crippen molar-refractivity contribution in [3.63, 3.8) is 0 Å². The number of hydrogen-bond acceptors (Lipinski definition) is 1. The van der Waals surface area contributed by atoms with E-state index in [0.29, 0.717) is 5.39 Å². The van der Waals surface area contributed by atoms with E-state index in [1.54, 1.807) is 0 Å². The van der Waals surface area contributed by atoms with Gasteiger partial charge in [-0.1, -0.05) is 47.6 Å². The molecule has 2 rings (SSSR count). The monoisotopic (exact) mass is 259 g/mol. The summed E-state index contributed by atoms with van der Waals surface area (Å²) in [6.07, 6.45) is 0. The van der Waals surface area contributed by atoms with Crippen LogP contribution in [-0.2, 0) is 10.8 Å². The third kappa shape index (κ3) is 2.63. The third-order valence-electron chi connectivity index (χ3n) is 3.38. The molecule has 1 aromatic carbocycles. The Morgan fingerprint density at radius 3 is 2.00 bits per heavy atom. The molecule has 0 spiro atoms. The van der Waals surface area contributed by atoms with E-state index in [9.17, 15) is 4.39 Å². The number of fused-ring (bicyclic) bond motifs is 1. The van der Waals surface area contributed by atoms with Crippen molar-refractivity contribution >= 4 is 10.9 Å². The maximum Gasteiger partial charge on any atom is 0.136 e. The van der Waals surface area contributed by atoms with Crippen LogP contribution < -0.4 is 0 Å². The van der Waals surface area contributed by atoms with Gasteiger partial charge in [0, 0.05) is 16.5 Å². The zero-order chi connectivity index (χ0) is 14.4. The second-order valence-corrected chi connectivity index (χ2v) is 7.19. The summed E-state index contributed by atoms with van der Waals surface area (Å²) in [7, 11) is 0. The molecule has 0 aliphatic carbocycles. The number of nitrogens with zero attached hydrogens (tertiary/aromatic N) is 1. The van der Waals surface area contributed by atoms with Crippen LogP contribution in [0.1, 0.15) is 52.8 Å². The van der Waals surface area contributed by atoms with Crippen LogP contribution in [0.25, 0.3) is 10.9 Å². The van der Waals surface area contributed by atoms with E-state index in [1.165, 1.54) is 0 Å². The maximum absolute atomic E-state index is 14.6. The van der Waals surface area contributed by atoms with Crippen molar-refractivity contribution in [2.75, 3.05) is 0 Å². The topological polar surface area (TPSA) is 12.9 Å². The molecular weight excluding hydrogens is 237 g/mol. The molecule has 0 radical (unpaired) electrons. The molecule has 102 valence electrons. The zero-order valence-corrected chi connectivity index (χ0v) is 12.6. The first kappa shape index (κ1) is 14.0. The summed E-state index contributed by atoms with van der Waals surface area (Å²) in [5.41, 5.74) is 2.25. The largest absolute Gasteiger partial charge is 0.252 e. The lowest BCUT2D eigenvalue weighted by molar-refractivity contribution is 0.528. The fourth-order valence-electron chi connectivity index (χ4n) is 2.17. The molecule has 0 aliphatic rings. The minimum atomic E-state index is -0.193. The minimum absolute atomic E-state index is 0.0205. The van der Waals surface area contributed by atoms with Gasteiger partial charge in [-0.2, -0.15) is 0 Å². The van der Waals surface area contributed by atoms with E-state index in [1.807, 2.05) is 45.0 Å². The quantitative estimate of drug-likeness (QED) is 0.651. The number of aromatic nitrogens is 1. The highest BCUT2D eigenvalue weighted by atomic mass is 19.1. The van der Waals surface area contributed by atoms with Crippen LogP contribution in [0.3, 0.4) is 0 Å². The molecule has 1 aromatic heterocycles. The molecule has 0 unspecified atom stereocenters. The summed E-state index contributed by atoms with van der Waals surface area (Å²) in [6, 6.07) is 7.57. The van der Waals surface area contributed by atoms with Crippen LogP contribution in [0, 0.1) is 5.82 Å². The van der Waals surface area contributed by atoms with Gasteiger partial charge in [0.1, 0.15) is 5.82 Å². The van der Waals surface area contributed by atoms with Crippen molar-refractivity contribution in [3.05, 3.63) is 41.3 Å². The Bertz CT molecular complexity index is 615. The summed E-state index contributed by atoms with van der Waals surface area (Å²) in [5, 5.41) is 0.612. The zero-order valence-electron chi connectivity index (χ0n) is 12.6. The van der Waals surface area contributed by atoms with E-state index in [4.69, 9.17) is 0 Å². The first-order chi connectivity index (χ1) is 8.60. The van der Waals surface area contributed by atoms with E-state index >= 15 is 0 Å². The highest BCUT2D eigenvalue weighted by molar-refractivity contribution is 5.80. The Morgan fingerprint density at radius 2 is 1.47 bits per heavy atom. The third-order valence-corrected chi connectivity index (χ3v) is 3.38. The van der Waals surface area contributed by atoms with Gasteiger partial charge in [-0.15, -0.1) is 0 Å². The molecule has 2 heteroatoms. The smallest absolute Gasteiger partial charge is 0.136 e. The van der Waals surface area contributed by atoms with Gasteiger partial charge in [-0.05, 0) is 29.2 Å². The highest BCUT2D eigenvalue weighted by Gasteiger charge is 2.21. The van der Waals surface area contributed by atoms with Gasteiger partial charge in [0.05, 0.1) is 5.52 Å². The van der Waals surface area contributed by atoms with Crippen molar-refractivity contribution in [2.24, 2.45) is 0 Å². The van der Waals surface area contributed by atoms with Gasteiger partial charge in [-0.25, -0.2) is 4.39 Å². The first-order valence-electron chi connectivity index (χ1n) is 6.71. The van der Waals surface area contributed by atoms with Crippen LogP contribution in [0.2, 0.25) is 0 Å². The van der Waals surface area contributed by atoms with Crippen LogP contribution in [0.4, 0.5) is 4.39 Å². The maximum atomic E-state index is 14.6. The molecule has 0 saturated heterocycles. The van der Waals surface area contributed by atoms with Crippen LogP contribution in [0.15, 0.2) is 24.3 Å². The van der Waals surface area contributed by atoms with Gasteiger partial charge in [0.2, 0.25) is 0 Å². The van der Waals surface area contributed by atoms with Gasteiger partial charge < -0.3 is 0 Å². The normalized spacial score (nSPS) is 13.0. The molecule has 0 N–H and O–H groups in total. The van der Waals surface area contributed by atoms with Crippen LogP contribution in [-0.4, -0.2) is 4.98 Å². The average molecular weight is 259 g/mol. The molecule has 0 atom stereocenters. The molecule has 1 nitrogen and oxygen atoms in total. The number of pyridine rings is 1. The van der Waals surface area contributed by atoms with E-state index in [2.05, 4.69) is 25.8 Å². The molecular formula is C17H22FN. The standard InChI is InChI=1S/C17H22FN/c1-16(2,3)12-8-9-13-11(15(12)18)7-10-14(19-13)17(4,5)6/h7-10H,1-6H3. The molecule has 1 heterocycles. The van der Waals surface area contributed by atoms with Gasteiger partial charge in [0.25, 0.3) is 0 Å². The van der Waals surface area contributed by atoms with E-state index < -0.39 is 0 Å². The number of rotatable bonds is 0. The molecule has 0 saturated carbocycles. The highest BCUT2D eigenvalue weighted by Crippen LogP contribution is 2.31. The fraction of sp³-hybridized carbons (Fsp3) is 0.471. The second kappa shape index (κ2) is 4.29. The predicted octanol–water partition coefficient (Wildman–Crippen LogP) is 4.97. The van der Waals surface area contributed by atoms with Crippen molar-refractivity contribution < 1.29 is 4.39 Å². The Hall–Kier alpha value is -1.44.